The molecule has 106 valence electrons. The van der Waals surface area contributed by atoms with Gasteiger partial charge in [0, 0.05) is 17.2 Å². The van der Waals surface area contributed by atoms with Gasteiger partial charge in [-0.15, -0.1) is 11.6 Å². The van der Waals surface area contributed by atoms with Gasteiger partial charge in [-0.3, -0.25) is 0 Å². The molecular weight excluding hydrogens is 268 g/mol. The van der Waals surface area contributed by atoms with Crippen LogP contribution < -0.4 is 4.74 Å². The van der Waals surface area contributed by atoms with Gasteiger partial charge in [-0.05, 0) is 35.7 Å². The molecule has 2 aromatic carbocycles. The Hall–Kier alpha value is -1.21. The zero-order valence-corrected chi connectivity index (χ0v) is 12.9. The number of alkyl halides is 1. The number of rotatable bonds is 4. The van der Waals surface area contributed by atoms with Crippen molar-refractivity contribution in [3.8, 4) is 5.75 Å². The van der Waals surface area contributed by atoms with E-state index in [1.165, 1.54) is 10.8 Å². The Balaban J connectivity index is 1.83. The Kier molecular flexibility index (Phi) is 3.64. The maximum atomic E-state index is 6.45. The molecule has 20 heavy (non-hydrogen) atoms. The average molecular weight is 289 g/mol. The van der Waals surface area contributed by atoms with Crippen molar-refractivity contribution in [3.63, 3.8) is 0 Å². The van der Waals surface area contributed by atoms with Crippen molar-refractivity contribution in [2.45, 2.75) is 44.6 Å². The van der Waals surface area contributed by atoms with Gasteiger partial charge in [-0.1, -0.05) is 44.2 Å². The Morgan fingerprint density at radius 1 is 1.10 bits per heavy atom. The minimum atomic E-state index is 0.146. The van der Waals surface area contributed by atoms with Crippen molar-refractivity contribution in [3.05, 3.63) is 42.5 Å². The first kappa shape index (κ1) is 13.8. The SMILES string of the molecule is CCC1(CC)C(Cl)CC1Oc1ccc2ccccc2c1. The lowest BCUT2D eigenvalue weighted by Crippen LogP contribution is -2.56. The highest BCUT2D eigenvalue weighted by Crippen LogP contribution is 2.51. The molecule has 1 aliphatic rings. The average Bonchev–Trinajstić information content (AvgIpc) is 2.48. The van der Waals surface area contributed by atoms with Crippen molar-refractivity contribution >= 4 is 22.4 Å². The highest BCUT2D eigenvalue weighted by molar-refractivity contribution is 6.21. The standard InChI is InChI=1S/C18H21ClO/c1-3-18(4-2)16(19)12-17(18)20-15-10-9-13-7-5-6-8-14(13)11-15/h5-11,16-17H,3-4,12H2,1-2H3. The van der Waals surface area contributed by atoms with Gasteiger partial charge in [0.2, 0.25) is 0 Å². The van der Waals surface area contributed by atoms with Crippen LogP contribution in [0, 0.1) is 5.41 Å². The quantitative estimate of drug-likeness (QED) is 0.684. The number of halogens is 1. The van der Waals surface area contributed by atoms with Gasteiger partial charge >= 0.3 is 0 Å². The van der Waals surface area contributed by atoms with E-state index in [4.69, 9.17) is 16.3 Å². The summed E-state index contributed by atoms with van der Waals surface area (Å²) in [6, 6.07) is 14.7. The van der Waals surface area contributed by atoms with E-state index >= 15 is 0 Å². The molecule has 2 aromatic rings. The van der Waals surface area contributed by atoms with Crippen LogP contribution in [0.3, 0.4) is 0 Å². The van der Waals surface area contributed by atoms with Crippen molar-refractivity contribution in [1.82, 2.24) is 0 Å². The number of hydrogen-bond acceptors (Lipinski definition) is 1. The van der Waals surface area contributed by atoms with Gasteiger partial charge in [-0.25, -0.2) is 0 Å². The van der Waals surface area contributed by atoms with Gasteiger partial charge in [0.1, 0.15) is 11.9 Å². The number of hydrogen-bond donors (Lipinski definition) is 0. The molecule has 0 spiro atoms. The molecule has 0 heterocycles. The second kappa shape index (κ2) is 5.29. The van der Waals surface area contributed by atoms with Gasteiger partial charge in [0.05, 0.1) is 0 Å². The summed E-state index contributed by atoms with van der Waals surface area (Å²) in [5.41, 5.74) is 0.146. The molecule has 1 saturated carbocycles. The summed E-state index contributed by atoms with van der Waals surface area (Å²) >= 11 is 6.45. The molecule has 0 amide bonds. The summed E-state index contributed by atoms with van der Waals surface area (Å²) in [7, 11) is 0. The summed E-state index contributed by atoms with van der Waals surface area (Å²) in [5.74, 6) is 0.962. The lowest BCUT2D eigenvalue weighted by Gasteiger charge is -2.52. The molecular formula is C18H21ClO. The summed E-state index contributed by atoms with van der Waals surface area (Å²) in [6.07, 6.45) is 3.36. The molecule has 0 aliphatic heterocycles. The zero-order valence-electron chi connectivity index (χ0n) is 12.1. The molecule has 0 bridgehead atoms. The molecule has 2 unspecified atom stereocenters. The van der Waals surface area contributed by atoms with Crippen LogP contribution in [-0.4, -0.2) is 11.5 Å². The number of ether oxygens (including phenoxy) is 1. The van der Waals surface area contributed by atoms with Gasteiger partial charge < -0.3 is 4.74 Å². The molecule has 0 saturated heterocycles. The Labute approximate surface area is 125 Å². The second-order valence-corrected chi connectivity index (χ2v) is 6.29. The summed E-state index contributed by atoms with van der Waals surface area (Å²) < 4.78 is 6.24. The molecule has 0 N–H and O–H groups in total. The lowest BCUT2D eigenvalue weighted by atomic mass is 9.62. The van der Waals surface area contributed by atoms with Crippen LogP contribution in [0.15, 0.2) is 42.5 Å². The van der Waals surface area contributed by atoms with Crippen molar-refractivity contribution in [2.75, 3.05) is 0 Å². The predicted octanol–water partition coefficient (Wildman–Crippen LogP) is 5.40. The Morgan fingerprint density at radius 3 is 2.45 bits per heavy atom. The molecule has 1 nitrogen and oxygen atoms in total. The third kappa shape index (κ3) is 2.09. The zero-order chi connectivity index (χ0) is 14.2. The van der Waals surface area contributed by atoms with E-state index < -0.39 is 0 Å². The number of benzene rings is 2. The molecule has 0 radical (unpaired) electrons. The highest BCUT2D eigenvalue weighted by Gasteiger charge is 2.53. The van der Waals surface area contributed by atoms with Gasteiger partial charge in [-0.2, -0.15) is 0 Å². The normalized spacial score (nSPS) is 24.4. The fourth-order valence-corrected chi connectivity index (χ4v) is 4.03. The minimum Gasteiger partial charge on any atom is -0.490 e. The fraction of sp³-hybridized carbons (Fsp3) is 0.444. The summed E-state index contributed by atoms with van der Waals surface area (Å²) in [6.45, 7) is 4.43. The minimum absolute atomic E-state index is 0.146. The smallest absolute Gasteiger partial charge is 0.120 e. The first-order valence-electron chi connectivity index (χ1n) is 7.49. The van der Waals surface area contributed by atoms with Crippen LogP contribution in [0.25, 0.3) is 10.8 Å². The van der Waals surface area contributed by atoms with E-state index in [0.717, 1.165) is 25.0 Å². The van der Waals surface area contributed by atoms with Gasteiger partial charge in [0.15, 0.2) is 0 Å². The fourth-order valence-electron chi connectivity index (χ4n) is 3.42. The Bertz CT molecular complexity index is 603. The summed E-state index contributed by atoms with van der Waals surface area (Å²) in [5, 5.41) is 2.73. The topological polar surface area (TPSA) is 9.23 Å². The van der Waals surface area contributed by atoms with Crippen LogP contribution in [-0.2, 0) is 0 Å². The highest BCUT2D eigenvalue weighted by atomic mass is 35.5. The van der Waals surface area contributed by atoms with Crippen LogP contribution in [0.1, 0.15) is 33.1 Å². The van der Waals surface area contributed by atoms with E-state index in [0.29, 0.717) is 0 Å². The van der Waals surface area contributed by atoms with Crippen molar-refractivity contribution in [2.24, 2.45) is 5.41 Å². The van der Waals surface area contributed by atoms with Crippen LogP contribution in [0.2, 0.25) is 0 Å². The monoisotopic (exact) mass is 288 g/mol. The maximum absolute atomic E-state index is 6.45. The van der Waals surface area contributed by atoms with E-state index in [-0.39, 0.29) is 16.9 Å². The predicted molar refractivity (Wildman–Crippen MR) is 85.6 cm³/mol. The molecule has 0 aromatic heterocycles. The van der Waals surface area contributed by atoms with Gasteiger partial charge in [0.25, 0.3) is 0 Å². The first-order chi connectivity index (χ1) is 9.69. The van der Waals surface area contributed by atoms with E-state index in [1.807, 2.05) is 0 Å². The first-order valence-corrected chi connectivity index (χ1v) is 7.93. The third-order valence-corrected chi connectivity index (χ3v) is 5.61. The molecule has 1 fully saturated rings. The molecule has 3 rings (SSSR count). The van der Waals surface area contributed by atoms with Crippen molar-refractivity contribution in [1.29, 1.82) is 0 Å². The van der Waals surface area contributed by atoms with Crippen molar-refractivity contribution < 1.29 is 4.74 Å². The summed E-state index contributed by atoms with van der Waals surface area (Å²) in [4.78, 5) is 0. The number of fused-ring (bicyclic) bond motifs is 1. The molecule has 2 atom stereocenters. The molecule has 2 heteroatoms. The van der Waals surface area contributed by atoms with E-state index in [2.05, 4.69) is 56.3 Å². The van der Waals surface area contributed by atoms with Crippen LogP contribution >= 0.6 is 11.6 Å². The Morgan fingerprint density at radius 2 is 1.80 bits per heavy atom. The van der Waals surface area contributed by atoms with Crippen LogP contribution in [0.5, 0.6) is 5.75 Å². The lowest BCUT2D eigenvalue weighted by molar-refractivity contribution is -0.0461. The molecule has 1 aliphatic carbocycles. The maximum Gasteiger partial charge on any atom is 0.120 e. The van der Waals surface area contributed by atoms with E-state index in [1.54, 1.807) is 0 Å². The van der Waals surface area contributed by atoms with Crippen LogP contribution in [0.4, 0.5) is 0 Å². The third-order valence-electron chi connectivity index (χ3n) is 5.00. The largest absolute Gasteiger partial charge is 0.490 e. The van der Waals surface area contributed by atoms with E-state index in [9.17, 15) is 0 Å². The second-order valence-electron chi connectivity index (χ2n) is 5.76.